The lowest BCUT2D eigenvalue weighted by atomic mass is 10.0. The maximum atomic E-state index is 14.0. The van der Waals surface area contributed by atoms with Crippen molar-refractivity contribution in [1.82, 2.24) is 13.7 Å². The molecule has 1 aromatic heterocycles. The molecule has 0 bridgehead atoms. The van der Waals surface area contributed by atoms with E-state index in [1.54, 1.807) is 36.4 Å². The Labute approximate surface area is 263 Å². The summed E-state index contributed by atoms with van der Waals surface area (Å²) in [5.41, 5.74) is 4.15. The van der Waals surface area contributed by atoms with Crippen molar-refractivity contribution >= 4 is 0 Å². The van der Waals surface area contributed by atoms with Crippen LogP contribution in [0.15, 0.2) is 50.8 Å². The van der Waals surface area contributed by atoms with Crippen molar-refractivity contribution in [3.63, 3.8) is 0 Å². The second-order valence-electron chi connectivity index (χ2n) is 11.5. The monoisotopic (exact) mass is 615 g/mol. The first-order valence-electron chi connectivity index (χ1n) is 16.0. The summed E-state index contributed by atoms with van der Waals surface area (Å²) < 4.78 is 3.24. The third kappa shape index (κ3) is 6.62. The average Bonchev–Trinajstić information content (AvgIpc) is 3.04. The summed E-state index contributed by atoms with van der Waals surface area (Å²) in [6, 6.07) is 10.8. The van der Waals surface area contributed by atoms with Crippen molar-refractivity contribution in [2.45, 2.75) is 99.7 Å². The van der Waals surface area contributed by atoms with E-state index in [9.17, 15) is 29.7 Å². The van der Waals surface area contributed by atoms with Crippen LogP contribution in [0.25, 0.3) is 0 Å². The van der Waals surface area contributed by atoms with Gasteiger partial charge in [-0.2, -0.15) is 0 Å². The fourth-order valence-electron chi connectivity index (χ4n) is 6.02. The predicted molar refractivity (Wildman–Crippen MR) is 177 cm³/mol. The van der Waals surface area contributed by atoms with Gasteiger partial charge in [0.05, 0.1) is 19.6 Å². The fraction of sp³-hybridized carbons (Fsp3) is 0.417. The van der Waals surface area contributed by atoms with Crippen molar-refractivity contribution in [3.8, 4) is 17.2 Å². The Morgan fingerprint density at radius 3 is 0.733 bits per heavy atom. The van der Waals surface area contributed by atoms with Crippen LogP contribution in [0.1, 0.15) is 91.6 Å². The van der Waals surface area contributed by atoms with E-state index >= 15 is 0 Å². The number of aryl methyl sites for hydroxylation is 6. The fourth-order valence-corrected chi connectivity index (χ4v) is 6.02. The van der Waals surface area contributed by atoms with Crippen molar-refractivity contribution in [2.75, 3.05) is 0 Å². The molecule has 9 heteroatoms. The molecule has 3 aromatic carbocycles. The molecule has 0 aliphatic heterocycles. The third-order valence-corrected chi connectivity index (χ3v) is 8.68. The van der Waals surface area contributed by atoms with Gasteiger partial charge in [0.25, 0.3) is 0 Å². The summed E-state index contributed by atoms with van der Waals surface area (Å²) in [5, 5.41) is 31.9. The number of hydrogen-bond acceptors (Lipinski definition) is 6. The Balaban J connectivity index is 1.96. The Hall–Kier alpha value is -4.53. The molecule has 0 amide bonds. The zero-order valence-electron chi connectivity index (χ0n) is 27.2. The van der Waals surface area contributed by atoms with E-state index in [-0.39, 0.29) is 36.9 Å². The molecule has 0 aliphatic carbocycles. The van der Waals surface area contributed by atoms with E-state index < -0.39 is 17.1 Å². The number of rotatable bonds is 12. The van der Waals surface area contributed by atoms with Gasteiger partial charge in [0, 0.05) is 0 Å². The number of hydrogen-bond donors (Lipinski definition) is 3. The van der Waals surface area contributed by atoms with E-state index in [2.05, 4.69) is 0 Å². The molecule has 0 spiro atoms. The van der Waals surface area contributed by atoms with Gasteiger partial charge >= 0.3 is 17.1 Å². The minimum atomic E-state index is -0.733. The van der Waals surface area contributed by atoms with Crippen molar-refractivity contribution in [1.29, 1.82) is 0 Å². The Morgan fingerprint density at radius 2 is 0.578 bits per heavy atom. The Bertz CT molecular complexity index is 1570. The standard InChI is InChI=1S/C36H45N3O6/c1-7-25-13-22(14-26(8-2)31(25)40)19-37-34(43)38(20-23-15-27(9-3)32(41)28(10-4)16-23)36(45)39(35(37)44)21-24-17-29(11-5)33(42)30(12-6)18-24/h13-18,40-42H,7-12,19-21H2,1-6H3. The lowest BCUT2D eigenvalue weighted by Crippen LogP contribution is -2.54. The molecule has 0 atom stereocenters. The smallest absolute Gasteiger partial charge is 0.336 e. The topological polar surface area (TPSA) is 127 Å². The van der Waals surface area contributed by atoms with Gasteiger partial charge in [-0.3, -0.25) is 0 Å². The molecule has 0 fully saturated rings. The van der Waals surface area contributed by atoms with E-state index in [1.165, 1.54) is 0 Å². The molecule has 0 unspecified atom stereocenters. The molecule has 9 nitrogen and oxygen atoms in total. The van der Waals surface area contributed by atoms with Gasteiger partial charge in [-0.1, -0.05) is 77.9 Å². The van der Waals surface area contributed by atoms with Gasteiger partial charge in [-0.15, -0.1) is 0 Å². The molecule has 45 heavy (non-hydrogen) atoms. The first-order chi connectivity index (χ1) is 21.5. The normalized spacial score (nSPS) is 11.3. The minimum Gasteiger partial charge on any atom is -0.507 e. The zero-order valence-corrected chi connectivity index (χ0v) is 27.2. The first kappa shape index (κ1) is 33.4. The van der Waals surface area contributed by atoms with Crippen molar-refractivity contribution in [2.24, 2.45) is 0 Å². The highest BCUT2D eigenvalue weighted by atomic mass is 16.3. The number of aromatic hydroxyl groups is 3. The van der Waals surface area contributed by atoms with Crippen LogP contribution < -0.4 is 17.1 Å². The van der Waals surface area contributed by atoms with E-state index in [0.717, 1.165) is 47.1 Å². The highest BCUT2D eigenvalue weighted by molar-refractivity contribution is 5.46. The number of nitrogens with zero attached hydrogens (tertiary/aromatic N) is 3. The Kier molecular flexibility index (Phi) is 10.4. The van der Waals surface area contributed by atoms with Gasteiger partial charge < -0.3 is 15.3 Å². The summed E-state index contributed by atoms with van der Waals surface area (Å²) in [6.07, 6.45) is 3.45. The van der Waals surface area contributed by atoms with E-state index in [0.29, 0.717) is 55.2 Å². The SMILES string of the molecule is CCc1cc(Cn2c(=O)n(Cc3cc(CC)c(O)c(CC)c3)c(=O)n(Cc3cc(CC)c(O)c(CC)c3)c2=O)cc(CC)c1O. The van der Waals surface area contributed by atoms with Crippen LogP contribution in [0.2, 0.25) is 0 Å². The Morgan fingerprint density at radius 1 is 0.400 bits per heavy atom. The van der Waals surface area contributed by atoms with E-state index in [4.69, 9.17) is 0 Å². The zero-order chi connectivity index (χ0) is 33.0. The van der Waals surface area contributed by atoms with E-state index in [1.807, 2.05) is 41.5 Å². The molecule has 0 radical (unpaired) electrons. The summed E-state index contributed by atoms with van der Waals surface area (Å²) in [7, 11) is 0. The number of phenols is 3. The quantitative estimate of drug-likeness (QED) is 0.210. The van der Waals surface area contributed by atoms with Crippen molar-refractivity contribution in [3.05, 3.63) is 118 Å². The molecular weight excluding hydrogens is 570 g/mol. The molecule has 0 saturated heterocycles. The maximum absolute atomic E-state index is 14.0. The second kappa shape index (κ2) is 14.1. The lowest BCUT2D eigenvalue weighted by molar-refractivity contribution is 0.460. The minimum absolute atomic E-state index is 0.0791. The molecule has 240 valence electrons. The average molecular weight is 616 g/mol. The highest BCUT2D eigenvalue weighted by Gasteiger charge is 2.20. The van der Waals surface area contributed by atoms with Crippen LogP contribution in [0.5, 0.6) is 17.2 Å². The van der Waals surface area contributed by atoms with Crippen molar-refractivity contribution < 1.29 is 15.3 Å². The number of aromatic nitrogens is 3. The molecular formula is C36H45N3O6. The summed E-state index contributed by atoms with van der Waals surface area (Å²) in [5.74, 6) is 0.653. The summed E-state index contributed by atoms with van der Waals surface area (Å²) in [6.45, 7) is 11.3. The third-order valence-electron chi connectivity index (χ3n) is 8.68. The number of benzene rings is 3. The molecule has 0 aliphatic rings. The largest absolute Gasteiger partial charge is 0.507 e. The van der Waals surface area contributed by atoms with Crippen LogP contribution in [0.4, 0.5) is 0 Å². The van der Waals surface area contributed by atoms with Crippen LogP contribution in [0, 0.1) is 0 Å². The molecule has 0 saturated carbocycles. The van der Waals surface area contributed by atoms with Crippen LogP contribution in [-0.2, 0) is 58.2 Å². The molecule has 4 aromatic rings. The summed E-state index contributed by atoms with van der Waals surface area (Å²) in [4.78, 5) is 42.0. The predicted octanol–water partition coefficient (Wildman–Crippen LogP) is 4.81. The van der Waals surface area contributed by atoms with Gasteiger partial charge in [-0.25, -0.2) is 28.1 Å². The molecule has 4 rings (SSSR count). The van der Waals surface area contributed by atoms with Gasteiger partial charge in [0.2, 0.25) is 0 Å². The molecule has 1 heterocycles. The summed E-state index contributed by atoms with van der Waals surface area (Å²) >= 11 is 0. The van der Waals surface area contributed by atoms with Gasteiger partial charge in [0.15, 0.2) is 0 Å². The molecule has 3 N–H and O–H groups in total. The van der Waals surface area contributed by atoms with Crippen LogP contribution in [0.3, 0.4) is 0 Å². The second-order valence-corrected chi connectivity index (χ2v) is 11.5. The van der Waals surface area contributed by atoms with Crippen LogP contribution >= 0.6 is 0 Å². The van der Waals surface area contributed by atoms with Gasteiger partial charge in [0.1, 0.15) is 17.2 Å². The lowest BCUT2D eigenvalue weighted by Gasteiger charge is -2.17. The van der Waals surface area contributed by atoms with Crippen LogP contribution in [-0.4, -0.2) is 29.0 Å². The highest BCUT2D eigenvalue weighted by Crippen LogP contribution is 2.28. The van der Waals surface area contributed by atoms with Gasteiger partial charge in [-0.05, 0) is 88.6 Å². The first-order valence-corrected chi connectivity index (χ1v) is 16.0. The number of phenolic OH excluding ortho intramolecular Hbond substituents is 3. The maximum Gasteiger partial charge on any atom is 0.336 e.